The van der Waals surface area contributed by atoms with Gasteiger partial charge in [0.2, 0.25) is 5.91 Å². The molecule has 2 aliphatic heterocycles. The van der Waals surface area contributed by atoms with Crippen molar-refractivity contribution in [3.8, 4) is 0 Å². The van der Waals surface area contributed by atoms with Crippen molar-refractivity contribution in [3.63, 3.8) is 0 Å². The highest BCUT2D eigenvalue weighted by Crippen LogP contribution is 2.44. The van der Waals surface area contributed by atoms with Gasteiger partial charge in [0.25, 0.3) is 0 Å². The summed E-state index contributed by atoms with van der Waals surface area (Å²) in [5, 5.41) is 0. The van der Waals surface area contributed by atoms with E-state index in [1.807, 2.05) is 0 Å². The van der Waals surface area contributed by atoms with Crippen LogP contribution in [0, 0.1) is 5.92 Å². The Labute approximate surface area is 73.9 Å². The second kappa shape index (κ2) is 2.48. The molecule has 0 aromatic carbocycles. The summed E-state index contributed by atoms with van der Waals surface area (Å²) >= 11 is 0. The zero-order valence-corrected chi connectivity index (χ0v) is 7.97. The molecule has 0 aromatic heterocycles. The summed E-state index contributed by atoms with van der Waals surface area (Å²) < 4.78 is 0. The topological polar surface area (TPSA) is 20.3 Å². The summed E-state index contributed by atoms with van der Waals surface area (Å²) in [6.45, 7) is 5.29. The summed E-state index contributed by atoms with van der Waals surface area (Å²) in [7, 11) is 0. The van der Waals surface area contributed by atoms with Crippen molar-refractivity contribution in [2.75, 3.05) is 6.54 Å². The third-order valence-electron chi connectivity index (χ3n) is 3.63. The lowest BCUT2D eigenvalue weighted by Gasteiger charge is -2.30. The molecule has 2 heterocycles. The molecule has 0 bridgehead atoms. The quantitative estimate of drug-likeness (QED) is 0.583. The average Bonchev–Trinajstić information content (AvgIpc) is 2.55. The van der Waals surface area contributed by atoms with E-state index in [1.165, 1.54) is 12.8 Å². The van der Waals surface area contributed by atoms with Gasteiger partial charge in [-0.05, 0) is 25.7 Å². The zero-order valence-electron chi connectivity index (χ0n) is 7.97. The van der Waals surface area contributed by atoms with Crippen molar-refractivity contribution in [2.45, 2.75) is 45.1 Å². The maximum Gasteiger partial charge on any atom is 0.225 e. The predicted molar refractivity (Wildman–Crippen MR) is 47.8 cm³/mol. The van der Waals surface area contributed by atoms with Gasteiger partial charge in [0.05, 0.1) is 0 Å². The highest BCUT2D eigenvalue weighted by atomic mass is 16.2. The van der Waals surface area contributed by atoms with E-state index < -0.39 is 0 Å². The van der Waals surface area contributed by atoms with Crippen molar-refractivity contribution < 1.29 is 4.79 Å². The van der Waals surface area contributed by atoms with E-state index in [0.29, 0.717) is 5.91 Å². The van der Waals surface area contributed by atoms with Gasteiger partial charge in [-0.2, -0.15) is 0 Å². The molecule has 12 heavy (non-hydrogen) atoms. The Morgan fingerprint density at radius 1 is 1.67 bits per heavy atom. The van der Waals surface area contributed by atoms with Gasteiger partial charge in [-0.3, -0.25) is 4.79 Å². The number of hydrogen-bond acceptors (Lipinski definition) is 1. The summed E-state index contributed by atoms with van der Waals surface area (Å²) in [4.78, 5) is 13.8. The normalized spacial score (nSPS) is 40.7. The number of carbonyl (C=O) groups excluding carboxylic acids is 1. The fourth-order valence-corrected chi connectivity index (χ4v) is 2.93. The first kappa shape index (κ1) is 8.09. The molecule has 2 atom stereocenters. The van der Waals surface area contributed by atoms with Crippen LogP contribution < -0.4 is 0 Å². The van der Waals surface area contributed by atoms with Gasteiger partial charge < -0.3 is 4.90 Å². The van der Waals surface area contributed by atoms with Gasteiger partial charge in [0.15, 0.2) is 0 Å². The van der Waals surface area contributed by atoms with E-state index in [-0.39, 0.29) is 11.5 Å². The Bertz CT molecular complexity index is 214. The second-order valence-electron chi connectivity index (χ2n) is 4.28. The lowest BCUT2D eigenvalue weighted by molar-refractivity contribution is -0.132. The largest absolute Gasteiger partial charge is 0.337 e. The smallest absolute Gasteiger partial charge is 0.225 e. The lowest BCUT2D eigenvalue weighted by Crippen LogP contribution is -2.39. The van der Waals surface area contributed by atoms with Gasteiger partial charge in [0, 0.05) is 18.0 Å². The molecule has 2 heteroatoms. The Balaban J connectivity index is 2.27. The molecule has 0 saturated carbocycles. The monoisotopic (exact) mass is 167 g/mol. The number of fused-ring (bicyclic) bond motifs is 1. The molecule has 1 amide bonds. The van der Waals surface area contributed by atoms with Crippen molar-refractivity contribution >= 4 is 5.91 Å². The van der Waals surface area contributed by atoms with Gasteiger partial charge in [-0.15, -0.1) is 0 Å². The molecule has 2 nitrogen and oxygen atoms in total. The van der Waals surface area contributed by atoms with E-state index in [4.69, 9.17) is 0 Å². The first-order valence-corrected chi connectivity index (χ1v) is 5.01. The first-order chi connectivity index (χ1) is 5.69. The fraction of sp³-hybridized carbons (Fsp3) is 0.900. The number of amides is 1. The van der Waals surface area contributed by atoms with Crippen LogP contribution in [0.3, 0.4) is 0 Å². The maximum atomic E-state index is 11.7. The average molecular weight is 167 g/mol. The van der Waals surface area contributed by atoms with Crippen LogP contribution in [0.4, 0.5) is 0 Å². The molecule has 68 valence electrons. The molecule has 2 aliphatic rings. The summed E-state index contributed by atoms with van der Waals surface area (Å²) in [6, 6.07) is 0. The van der Waals surface area contributed by atoms with Gasteiger partial charge in [-0.25, -0.2) is 0 Å². The van der Waals surface area contributed by atoms with E-state index in [9.17, 15) is 4.79 Å². The zero-order chi connectivity index (χ0) is 8.77. The van der Waals surface area contributed by atoms with Crippen molar-refractivity contribution in [3.05, 3.63) is 0 Å². The number of rotatable bonds is 1. The Morgan fingerprint density at radius 2 is 2.42 bits per heavy atom. The van der Waals surface area contributed by atoms with Crippen LogP contribution in [-0.2, 0) is 4.79 Å². The van der Waals surface area contributed by atoms with E-state index >= 15 is 0 Å². The Hall–Kier alpha value is -0.530. The molecular formula is C10H17NO. The third-order valence-corrected chi connectivity index (χ3v) is 3.63. The number of carbonyl (C=O) groups is 1. The van der Waals surface area contributed by atoms with Crippen molar-refractivity contribution in [1.29, 1.82) is 0 Å². The van der Waals surface area contributed by atoms with Crippen LogP contribution in [0.2, 0.25) is 0 Å². The minimum Gasteiger partial charge on any atom is -0.337 e. The molecule has 2 rings (SSSR count). The van der Waals surface area contributed by atoms with Gasteiger partial charge >= 0.3 is 0 Å². The van der Waals surface area contributed by atoms with Crippen LogP contribution in [0.1, 0.15) is 39.5 Å². The molecule has 0 spiro atoms. The second-order valence-corrected chi connectivity index (χ2v) is 4.28. The Kier molecular flexibility index (Phi) is 1.67. The van der Waals surface area contributed by atoms with E-state index in [1.54, 1.807) is 0 Å². The molecule has 0 aromatic rings. The van der Waals surface area contributed by atoms with Crippen LogP contribution in [0.15, 0.2) is 0 Å². The molecule has 0 unspecified atom stereocenters. The highest BCUT2D eigenvalue weighted by molar-refractivity contribution is 5.82. The van der Waals surface area contributed by atoms with Crippen molar-refractivity contribution in [2.24, 2.45) is 5.92 Å². The highest BCUT2D eigenvalue weighted by Gasteiger charge is 2.50. The molecular weight excluding hydrogens is 150 g/mol. The first-order valence-electron chi connectivity index (χ1n) is 5.01. The Morgan fingerprint density at radius 3 is 3.00 bits per heavy atom. The van der Waals surface area contributed by atoms with Gasteiger partial charge in [0.1, 0.15) is 0 Å². The lowest BCUT2D eigenvalue weighted by atomic mass is 9.88. The SMILES string of the molecule is CC[C@]12CCCN1C(=O)[C@@H](C)C2. The summed E-state index contributed by atoms with van der Waals surface area (Å²) in [6.07, 6.45) is 4.69. The number of hydrogen-bond donors (Lipinski definition) is 0. The summed E-state index contributed by atoms with van der Waals surface area (Å²) in [5.41, 5.74) is 0.274. The van der Waals surface area contributed by atoms with Crippen LogP contribution in [-0.4, -0.2) is 22.9 Å². The molecule has 2 saturated heterocycles. The molecule has 0 radical (unpaired) electrons. The maximum absolute atomic E-state index is 11.7. The minimum absolute atomic E-state index is 0.274. The van der Waals surface area contributed by atoms with Crippen LogP contribution >= 0.6 is 0 Å². The van der Waals surface area contributed by atoms with Crippen LogP contribution in [0.25, 0.3) is 0 Å². The predicted octanol–water partition coefficient (Wildman–Crippen LogP) is 1.80. The molecule has 0 aliphatic carbocycles. The standard InChI is InChI=1S/C10H17NO/c1-3-10-5-4-6-11(10)9(12)8(2)7-10/h8H,3-7H2,1-2H3/t8-,10+/m0/s1. The minimum atomic E-state index is 0.274. The van der Waals surface area contributed by atoms with Gasteiger partial charge in [-0.1, -0.05) is 13.8 Å². The van der Waals surface area contributed by atoms with Crippen molar-refractivity contribution in [1.82, 2.24) is 4.90 Å². The molecule has 2 fully saturated rings. The van der Waals surface area contributed by atoms with Crippen LogP contribution in [0.5, 0.6) is 0 Å². The third kappa shape index (κ3) is 0.838. The van der Waals surface area contributed by atoms with E-state index in [2.05, 4.69) is 18.7 Å². The van der Waals surface area contributed by atoms with E-state index in [0.717, 1.165) is 19.4 Å². The molecule has 0 N–H and O–H groups in total. The fourth-order valence-electron chi connectivity index (χ4n) is 2.93. The number of nitrogens with zero attached hydrogens (tertiary/aromatic N) is 1. The summed E-state index contributed by atoms with van der Waals surface area (Å²) in [5.74, 6) is 0.680.